The molecule has 0 aromatic heterocycles. The maximum absolute atomic E-state index is 13.7. The Morgan fingerprint density at radius 1 is 1.14 bits per heavy atom. The van der Waals surface area contributed by atoms with E-state index in [1.807, 2.05) is 0 Å². The van der Waals surface area contributed by atoms with E-state index in [1.54, 1.807) is 6.92 Å². The molecule has 1 fully saturated rings. The Labute approximate surface area is 240 Å². The molecule has 13 nitrogen and oxygen atoms in total. The number of ketones is 3. The van der Waals surface area contributed by atoms with Gasteiger partial charge in [-0.15, -0.1) is 0 Å². The van der Waals surface area contributed by atoms with Crippen LogP contribution < -0.4 is 10.2 Å². The van der Waals surface area contributed by atoms with Crippen LogP contribution in [0.25, 0.3) is 0 Å². The molecule has 42 heavy (non-hydrogen) atoms. The van der Waals surface area contributed by atoms with Crippen molar-refractivity contribution in [3.63, 3.8) is 0 Å². The summed E-state index contributed by atoms with van der Waals surface area (Å²) >= 11 is 0. The Morgan fingerprint density at radius 2 is 1.86 bits per heavy atom. The lowest BCUT2D eigenvalue weighted by atomic mass is 9.72. The van der Waals surface area contributed by atoms with Crippen molar-refractivity contribution in [3.8, 4) is 17.2 Å². The lowest BCUT2D eigenvalue weighted by molar-refractivity contribution is -0.257. The van der Waals surface area contributed by atoms with Gasteiger partial charge < -0.3 is 39.7 Å². The third-order valence-corrected chi connectivity index (χ3v) is 8.18. The number of hydrogen-bond acceptors (Lipinski definition) is 13. The van der Waals surface area contributed by atoms with Gasteiger partial charge in [-0.2, -0.15) is 5.48 Å². The van der Waals surface area contributed by atoms with Crippen LogP contribution in [0.3, 0.4) is 0 Å². The fourth-order valence-electron chi connectivity index (χ4n) is 5.95. The summed E-state index contributed by atoms with van der Waals surface area (Å²) in [5.74, 6) is -3.30. The largest absolute Gasteiger partial charge is 0.507 e. The van der Waals surface area contributed by atoms with Crippen molar-refractivity contribution < 1.29 is 59.0 Å². The summed E-state index contributed by atoms with van der Waals surface area (Å²) in [4.78, 5) is 45.1. The molecule has 4 unspecified atom stereocenters. The van der Waals surface area contributed by atoms with Crippen molar-refractivity contribution in [1.82, 2.24) is 5.48 Å². The van der Waals surface area contributed by atoms with Crippen molar-refractivity contribution in [3.05, 3.63) is 51.6 Å². The highest BCUT2D eigenvalue weighted by Crippen LogP contribution is 2.52. The van der Waals surface area contributed by atoms with Gasteiger partial charge in [-0.3, -0.25) is 19.2 Å². The van der Waals surface area contributed by atoms with Gasteiger partial charge in [-0.05, 0) is 19.9 Å². The number of aromatic hydroxyl groups is 2. The molecule has 1 heterocycles. The first-order valence-corrected chi connectivity index (χ1v) is 13.5. The smallest absolute Gasteiger partial charge is 0.202 e. The van der Waals surface area contributed by atoms with Crippen molar-refractivity contribution >= 4 is 17.3 Å². The molecule has 2 aromatic carbocycles. The van der Waals surface area contributed by atoms with Crippen LogP contribution in [-0.4, -0.2) is 93.3 Å². The fourth-order valence-corrected chi connectivity index (χ4v) is 5.95. The van der Waals surface area contributed by atoms with Gasteiger partial charge in [0.2, 0.25) is 5.78 Å². The molecule has 226 valence electrons. The van der Waals surface area contributed by atoms with E-state index in [-0.39, 0.29) is 54.1 Å². The molecule has 5 rings (SSSR count). The van der Waals surface area contributed by atoms with E-state index in [4.69, 9.17) is 24.2 Å². The Kier molecular flexibility index (Phi) is 8.11. The predicted octanol–water partition coefficient (Wildman–Crippen LogP) is 0.584. The average Bonchev–Trinajstić information content (AvgIpc) is 2.95. The molecule has 2 aliphatic carbocycles. The first-order valence-electron chi connectivity index (χ1n) is 13.5. The van der Waals surface area contributed by atoms with Crippen LogP contribution in [0.2, 0.25) is 0 Å². The zero-order chi connectivity index (χ0) is 30.5. The standard InChI is InChI=1S/C29H33NO12/c1-12-24(33)16(30-40-8-7-31)9-19(41-12)42-18-11-29(38,13(2)32)10-15-21(18)28(37)23-22(26(15)35)25(34)14-5-4-6-17(39-3)20(14)27(23)36/h4-6,12,16,18-19,24,30-31,33,35,37-38H,7-11H2,1-3H3/t12?,16?,18-,19?,24?,29-/m0/s1. The van der Waals surface area contributed by atoms with Gasteiger partial charge in [0.05, 0.1) is 61.4 Å². The number of nitrogens with one attached hydrogen (secondary N) is 1. The number of hydrogen-bond donors (Lipinski definition) is 6. The van der Waals surface area contributed by atoms with E-state index >= 15 is 0 Å². The summed E-state index contributed by atoms with van der Waals surface area (Å²) in [5.41, 5.74) is -0.558. The van der Waals surface area contributed by atoms with Gasteiger partial charge in [-0.1, -0.05) is 12.1 Å². The minimum absolute atomic E-state index is 0.0148. The molecule has 3 aliphatic rings. The first kappa shape index (κ1) is 30.0. The van der Waals surface area contributed by atoms with E-state index in [1.165, 1.54) is 32.2 Å². The number of hydroxylamine groups is 1. The highest BCUT2D eigenvalue weighted by Gasteiger charge is 2.49. The van der Waals surface area contributed by atoms with Crippen LogP contribution in [0.1, 0.15) is 75.8 Å². The minimum atomic E-state index is -2.04. The summed E-state index contributed by atoms with van der Waals surface area (Å²) in [6.45, 7) is 2.47. The number of benzene rings is 2. The maximum atomic E-state index is 13.7. The van der Waals surface area contributed by atoms with Crippen LogP contribution in [0.5, 0.6) is 17.2 Å². The lowest BCUT2D eigenvalue weighted by Gasteiger charge is -2.42. The van der Waals surface area contributed by atoms with Crippen molar-refractivity contribution in [1.29, 1.82) is 0 Å². The monoisotopic (exact) mass is 587 g/mol. The number of carbonyl (C=O) groups is 3. The van der Waals surface area contributed by atoms with E-state index in [0.717, 1.165) is 0 Å². The highest BCUT2D eigenvalue weighted by molar-refractivity contribution is 6.31. The Hall–Kier alpha value is -3.43. The molecule has 0 spiro atoms. The van der Waals surface area contributed by atoms with Crippen molar-refractivity contribution in [2.24, 2.45) is 0 Å². The summed E-state index contributed by atoms with van der Waals surface area (Å²) in [6.07, 6.45) is -4.92. The van der Waals surface area contributed by atoms with Crippen molar-refractivity contribution in [2.75, 3.05) is 20.3 Å². The second-order valence-corrected chi connectivity index (χ2v) is 10.8. The lowest BCUT2D eigenvalue weighted by Crippen LogP contribution is -2.54. The first-order chi connectivity index (χ1) is 19.9. The quantitative estimate of drug-likeness (QED) is 0.122. The number of aliphatic hydroxyl groups is 3. The van der Waals surface area contributed by atoms with Crippen LogP contribution in [0, 0.1) is 0 Å². The Balaban J connectivity index is 1.60. The number of carbonyl (C=O) groups excluding carboxylic acids is 3. The van der Waals surface area contributed by atoms with Gasteiger partial charge in [0.1, 0.15) is 22.8 Å². The SMILES string of the molecule is COc1cccc2c1C(=O)c1c(O)c3c(c(O)c1C2=O)C[C@@](O)(C(C)=O)C[C@@H]3OC1CC(NOCCO)C(O)C(C)O1. The zero-order valence-electron chi connectivity index (χ0n) is 23.2. The third-order valence-electron chi connectivity index (χ3n) is 8.18. The molecule has 0 radical (unpaired) electrons. The summed E-state index contributed by atoms with van der Waals surface area (Å²) in [5, 5.41) is 53.8. The van der Waals surface area contributed by atoms with E-state index < -0.39 is 82.6 Å². The Bertz CT molecular complexity index is 1440. The number of Topliss-reactive ketones (excluding diaryl/α,β-unsaturated/α-hetero) is 1. The second-order valence-electron chi connectivity index (χ2n) is 10.8. The van der Waals surface area contributed by atoms with Gasteiger partial charge in [0.25, 0.3) is 0 Å². The van der Waals surface area contributed by atoms with Crippen molar-refractivity contribution in [2.45, 2.75) is 69.4 Å². The molecule has 0 saturated carbocycles. The Morgan fingerprint density at radius 3 is 2.52 bits per heavy atom. The zero-order valence-corrected chi connectivity index (χ0v) is 23.2. The normalized spacial score (nSPS) is 28.6. The molecule has 6 atom stereocenters. The highest BCUT2D eigenvalue weighted by atomic mass is 16.7. The predicted molar refractivity (Wildman–Crippen MR) is 142 cm³/mol. The number of aliphatic hydroxyl groups excluding tert-OH is 2. The molecule has 1 saturated heterocycles. The molecule has 13 heteroatoms. The number of phenols is 2. The number of methoxy groups -OCH3 is 1. The van der Waals surface area contributed by atoms with Gasteiger partial charge in [-0.25, -0.2) is 0 Å². The van der Waals surface area contributed by atoms with Crippen LogP contribution in [-0.2, 0) is 25.5 Å². The molecule has 2 aromatic rings. The van der Waals surface area contributed by atoms with Gasteiger partial charge in [0.15, 0.2) is 17.9 Å². The number of phenolic OH excluding ortho intramolecular Hbond substituents is 2. The molecular weight excluding hydrogens is 554 g/mol. The van der Waals surface area contributed by atoms with E-state index in [2.05, 4.69) is 5.48 Å². The molecule has 6 N–H and O–H groups in total. The third kappa shape index (κ3) is 4.86. The number of fused-ring (bicyclic) bond motifs is 3. The fraction of sp³-hybridized carbons (Fsp3) is 0.483. The van der Waals surface area contributed by atoms with Crippen LogP contribution in [0.4, 0.5) is 0 Å². The van der Waals surface area contributed by atoms with Gasteiger partial charge >= 0.3 is 0 Å². The molecule has 0 bridgehead atoms. The number of ether oxygens (including phenoxy) is 3. The van der Waals surface area contributed by atoms with Crippen LogP contribution in [0.15, 0.2) is 18.2 Å². The summed E-state index contributed by atoms with van der Waals surface area (Å²) in [7, 11) is 1.33. The molecule has 1 aliphatic heterocycles. The van der Waals surface area contributed by atoms with E-state index in [0.29, 0.717) is 0 Å². The maximum Gasteiger partial charge on any atom is 0.202 e. The second kappa shape index (κ2) is 11.3. The molecule has 0 amide bonds. The topological polar surface area (TPSA) is 201 Å². The van der Waals surface area contributed by atoms with Crippen LogP contribution >= 0.6 is 0 Å². The summed E-state index contributed by atoms with van der Waals surface area (Å²) < 4.78 is 17.3. The average molecular weight is 588 g/mol. The minimum Gasteiger partial charge on any atom is -0.507 e. The van der Waals surface area contributed by atoms with Gasteiger partial charge in [0, 0.05) is 36.0 Å². The molecular formula is C29H33NO12. The van der Waals surface area contributed by atoms with E-state index in [9.17, 15) is 34.8 Å². The number of rotatable bonds is 8. The summed E-state index contributed by atoms with van der Waals surface area (Å²) in [6, 6.07) is 3.71.